The van der Waals surface area contributed by atoms with E-state index in [-0.39, 0.29) is 29.7 Å². The Morgan fingerprint density at radius 2 is 1.75 bits per heavy atom. The quantitative estimate of drug-likeness (QED) is 0.686. The van der Waals surface area contributed by atoms with Gasteiger partial charge in [-0.15, -0.1) is 0 Å². The number of fused-ring (bicyclic) bond motifs is 1. The normalized spacial score (nSPS) is 20.1. The third kappa shape index (κ3) is 4.13. The highest BCUT2D eigenvalue weighted by molar-refractivity contribution is 7.89. The lowest BCUT2D eigenvalue weighted by molar-refractivity contribution is -0.125. The van der Waals surface area contributed by atoms with E-state index >= 15 is 0 Å². The lowest BCUT2D eigenvalue weighted by Crippen LogP contribution is -2.42. The molecule has 1 atom stereocenters. The number of amides is 1. The highest BCUT2D eigenvalue weighted by atomic mass is 32.2. The second-order valence-corrected chi connectivity index (χ2v) is 11.2. The highest BCUT2D eigenvalue weighted by Gasteiger charge is 2.38. The monoisotopic (exact) mass is 406 g/mol. The van der Waals surface area contributed by atoms with E-state index in [1.807, 2.05) is 38.7 Å². The van der Waals surface area contributed by atoms with Crippen LogP contribution in [0.3, 0.4) is 0 Å². The van der Waals surface area contributed by atoms with Crippen LogP contribution in [0.4, 0.5) is 5.69 Å². The van der Waals surface area contributed by atoms with Gasteiger partial charge in [0.25, 0.3) is 0 Å². The lowest BCUT2D eigenvalue weighted by Gasteiger charge is -2.32. The number of hydrogen-bond donors (Lipinski definition) is 0. The fraction of sp³-hybridized carbons (Fsp3) is 0.682. The summed E-state index contributed by atoms with van der Waals surface area (Å²) in [7, 11) is -3.55. The molecule has 1 saturated carbocycles. The Hall–Kier alpha value is -1.40. The Morgan fingerprint density at radius 3 is 2.25 bits per heavy atom. The maximum absolute atomic E-state index is 13.3. The van der Waals surface area contributed by atoms with Gasteiger partial charge in [0, 0.05) is 30.7 Å². The molecule has 0 bridgehead atoms. The van der Waals surface area contributed by atoms with E-state index in [1.54, 1.807) is 16.4 Å². The number of hydrogen-bond acceptors (Lipinski definition) is 3. The number of carbonyl (C=O) groups excluding carboxylic acids is 1. The van der Waals surface area contributed by atoms with Crippen molar-refractivity contribution in [2.24, 2.45) is 17.8 Å². The van der Waals surface area contributed by atoms with E-state index in [1.165, 1.54) is 0 Å². The SMILES string of the molecule is CC(C)CN(CC(C)C)S(=O)(=O)c1ccc2c(c1)C[C@H](C)N2C(=O)C1CCC1. The van der Waals surface area contributed by atoms with Crippen LogP contribution in [0.25, 0.3) is 0 Å². The Bertz CT molecular complexity index is 818. The summed E-state index contributed by atoms with van der Waals surface area (Å²) >= 11 is 0. The van der Waals surface area contributed by atoms with Crippen LogP contribution in [0.2, 0.25) is 0 Å². The first-order chi connectivity index (χ1) is 13.1. The minimum absolute atomic E-state index is 0.0866. The smallest absolute Gasteiger partial charge is 0.243 e. The summed E-state index contributed by atoms with van der Waals surface area (Å²) in [6.45, 7) is 11.2. The van der Waals surface area contributed by atoms with Gasteiger partial charge in [-0.2, -0.15) is 4.31 Å². The van der Waals surface area contributed by atoms with E-state index in [0.29, 0.717) is 24.4 Å². The molecule has 0 radical (unpaired) electrons. The molecule has 156 valence electrons. The number of anilines is 1. The minimum Gasteiger partial charge on any atom is -0.309 e. The van der Waals surface area contributed by atoms with E-state index in [9.17, 15) is 13.2 Å². The average molecular weight is 407 g/mol. The van der Waals surface area contributed by atoms with E-state index < -0.39 is 10.0 Å². The summed E-state index contributed by atoms with van der Waals surface area (Å²) in [5.41, 5.74) is 1.86. The summed E-state index contributed by atoms with van der Waals surface area (Å²) in [6.07, 6.45) is 3.79. The molecule has 1 aromatic carbocycles. The van der Waals surface area contributed by atoms with Crippen LogP contribution in [0.5, 0.6) is 0 Å². The Morgan fingerprint density at radius 1 is 1.14 bits per heavy atom. The fourth-order valence-corrected chi connectivity index (χ4v) is 6.01. The van der Waals surface area contributed by atoms with Crippen molar-refractivity contribution in [2.45, 2.75) is 71.2 Å². The van der Waals surface area contributed by atoms with Gasteiger partial charge in [0.2, 0.25) is 15.9 Å². The number of rotatable bonds is 7. The summed E-state index contributed by atoms with van der Waals surface area (Å²) < 4.78 is 28.2. The van der Waals surface area contributed by atoms with Crippen LogP contribution < -0.4 is 4.90 Å². The van der Waals surface area contributed by atoms with Crippen molar-refractivity contribution in [3.8, 4) is 0 Å². The van der Waals surface area contributed by atoms with Gasteiger partial charge in [-0.1, -0.05) is 34.1 Å². The van der Waals surface area contributed by atoms with E-state index in [2.05, 4.69) is 6.92 Å². The highest BCUT2D eigenvalue weighted by Crippen LogP contribution is 2.38. The zero-order chi connectivity index (χ0) is 20.6. The van der Waals surface area contributed by atoms with Gasteiger partial charge in [0.05, 0.1) is 4.90 Å². The zero-order valence-corrected chi connectivity index (χ0v) is 18.6. The predicted molar refractivity (Wildman–Crippen MR) is 113 cm³/mol. The average Bonchev–Trinajstić information content (AvgIpc) is 2.86. The van der Waals surface area contributed by atoms with Crippen molar-refractivity contribution < 1.29 is 13.2 Å². The van der Waals surface area contributed by atoms with Crippen molar-refractivity contribution in [3.63, 3.8) is 0 Å². The molecule has 0 unspecified atom stereocenters. The summed E-state index contributed by atoms with van der Waals surface area (Å²) in [6, 6.07) is 5.40. The summed E-state index contributed by atoms with van der Waals surface area (Å²) in [5, 5.41) is 0. The first-order valence-corrected chi connectivity index (χ1v) is 12.0. The zero-order valence-electron chi connectivity index (χ0n) is 17.8. The first kappa shape index (κ1) is 21.3. The second-order valence-electron chi connectivity index (χ2n) is 9.29. The third-order valence-electron chi connectivity index (χ3n) is 5.73. The van der Waals surface area contributed by atoms with E-state index in [0.717, 1.165) is 30.5 Å². The lowest BCUT2D eigenvalue weighted by atomic mass is 9.84. The van der Waals surface area contributed by atoms with Crippen LogP contribution in [-0.2, 0) is 21.2 Å². The van der Waals surface area contributed by atoms with Gasteiger partial charge in [-0.05, 0) is 61.8 Å². The molecule has 1 amide bonds. The topological polar surface area (TPSA) is 57.7 Å². The van der Waals surface area contributed by atoms with Crippen LogP contribution in [0, 0.1) is 17.8 Å². The number of carbonyl (C=O) groups is 1. The van der Waals surface area contributed by atoms with Crippen LogP contribution in [0.15, 0.2) is 23.1 Å². The van der Waals surface area contributed by atoms with Gasteiger partial charge in [0.1, 0.15) is 0 Å². The van der Waals surface area contributed by atoms with Gasteiger partial charge in [-0.25, -0.2) is 8.42 Å². The Kier molecular flexibility index (Phi) is 6.20. The molecular weight excluding hydrogens is 372 g/mol. The van der Waals surface area contributed by atoms with Gasteiger partial charge < -0.3 is 4.90 Å². The van der Waals surface area contributed by atoms with Crippen molar-refractivity contribution >= 4 is 21.6 Å². The second kappa shape index (κ2) is 8.15. The molecule has 0 aromatic heterocycles. The molecule has 0 saturated heterocycles. The molecule has 2 aliphatic rings. The van der Waals surface area contributed by atoms with Gasteiger partial charge in [-0.3, -0.25) is 4.79 Å². The molecule has 0 N–H and O–H groups in total. The molecule has 0 spiro atoms. The molecule has 1 aliphatic heterocycles. The molecule has 1 fully saturated rings. The Balaban J connectivity index is 1.90. The van der Waals surface area contributed by atoms with Crippen LogP contribution >= 0.6 is 0 Å². The van der Waals surface area contributed by atoms with E-state index in [4.69, 9.17) is 0 Å². The molecule has 3 rings (SSSR count). The van der Waals surface area contributed by atoms with Crippen molar-refractivity contribution in [1.82, 2.24) is 4.31 Å². The maximum Gasteiger partial charge on any atom is 0.243 e. The van der Waals surface area contributed by atoms with Gasteiger partial charge in [0.15, 0.2) is 0 Å². The minimum atomic E-state index is -3.55. The van der Waals surface area contributed by atoms with Gasteiger partial charge >= 0.3 is 0 Å². The molecule has 6 heteroatoms. The molecule has 1 aromatic rings. The van der Waals surface area contributed by atoms with Crippen molar-refractivity contribution in [3.05, 3.63) is 23.8 Å². The van der Waals surface area contributed by atoms with Crippen molar-refractivity contribution in [2.75, 3.05) is 18.0 Å². The molecular formula is C22H34N2O3S. The number of benzene rings is 1. The first-order valence-electron chi connectivity index (χ1n) is 10.6. The van der Waals surface area contributed by atoms with Crippen LogP contribution in [0.1, 0.15) is 59.4 Å². The standard InChI is InChI=1S/C22H34N2O3S/c1-15(2)13-23(14-16(3)4)28(26,27)20-9-10-21-19(12-20)11-17(5)24(21)22(25)18-7-6-8-18/h9-10,12,15-18H,6-8,11,13-14H2,1-5H3/t17-/m0/s1. The summed E-state index contributed by atoms with van der Waals surface area (Å²) in [4.78, 5) is 15.1. The predicted octanol–water partition coefficient (Wildman–Crippen LogP) is 4.07. The maximum atomic E-state index is 13.3. The largest absolute Gasteiger partial charge is 0.309 e. The fourth-order valence-electron chi connectivity index (χ4n) is 4.19. The number of nitrogens with zero attached hydrogens (tertiary/aromatic N) is 2. The Labute approximate surface area is 170 Å². The third-order valence-corrected chi connectivity index (χ3v) is 7.56. The molecule has 28 heavy (non-hydrogen) atoms. The molecule has 1 aliphatic carbocycles. The molecule has 1 heterocycles. The molecule has 5 nitrogen and oxygen atoms in total. The summed E-state index contributed by atoms with van der Waals surface area (Å²) in [5.74, 6) is 0.871. The van der Waals surface area contributed by atoms with Crippen LogP contribution in [-0.4, -0.2) is 37.8 Å². The number of sulfonamides is 1. The van der Waals surface area contributed by atoms with Crippen molar-refractivity contribution in [1.29, 1.82) is 0 Å².